The van der Waals surface area contributed by atoms with Crippen LogP contribution >= 0.6 is 11.3 Å². The zero-order valence-corrected chi connectivity index (χ0v) is 14.6. The van der Waals surface area contributed by atoms with Crippen LogP contribution in [0, 0.1) is 17.8 Å². The Morgan fingerprint density at radius 1 is 1.39 bits per heavy atom. The molecule has 1 rings (SSSR count). The second-order valence-electron chi connectivity index (χ2n) is 6.38. The minimum Gasteiger partial charge on any atom is -0.369 e. The van der Waals surface area contributed by atoms with Crippen molar-refractivity contribution >= 4 is 34.2 Å². The Labute approximate surface area is 140 Å². The molecular formula is C15H23N4O3S. The third-order valence-electron chi connectivity index (χ3n) is 3.22. The summed E-state index contributed by atoms with van der Waals surface area (Å²) >= 11 is 1.30. The van der Waals surface area contributed by atoms with E-state index in [4.69, 9.17) is 5.73 Å². The number of thiazole rings is 1. The molecule has 8 heteroatoms. The van der Waals surface area contributed by atoms with Gasteiger partial charge in [-0.25, -0.2) is 4.98 Å². The number of rotatable bonds is 7. The van der Waals surface area contributed by atoms with Gasteiger partial charge in [-0.3, -0.25) is 14.4 Å². The molecule has 3 amide bonds. The molecule has 0 fully saturated rings. The van der Waals surface area contributed by atoms with Crippen molar-refractivity contribution in [3.8, 4) is 0 Å². The Balaban J connectivity index is 2.66. The number of nitrogens with zero attached hydrogens (tertiary/aromatic N) is 1. The third kappa shape index (κ3) is 6.35. The van der Waals surface area contributed by atoms with Crippen LogP contribution in [0.3, 0.4) is 0 Å². The van der Waals surface area contributed by atoms with Gasteiger partial charge in [0.15, 0.2) is 5.13 Å². The van der Waals surface area contributed by atoms with Crippen molar-refractivity contribution in [1.82, 2.24) is 10.3 Å². The van der Waals surface area contributed by atoms with E-state index in [0.717, 1.165) is 0 Å². The van der Waals surface area contributed by atoms with Gasteiger partial charge in [0.1, 0.15) is 6.04 Å². The lowest BCUT2D eigenvalue weighted by Gasteiger charge is -2.30. The van der Waals surface area contributed by atoms with Crippen LogP contribution in [0.15, 0.2) is 11.6 Å². The van der Waals surface area contributed by atoms with Crippen LogP contribution in [0.5, 0.6) is 0 Å². The fraction of sp³-hybridized carbons (Fsp3) is 0.533. The van der Waals surface area contributed by atoms with Gasteiger partial charge in [0.05, 0.1) is 6.42 Å². The first-order valence-electron chi connectivity index (χ1n) is 7.24. The average molecular weight is 339 g/mol. The van der Waals surface area contributed by atoms with Gasteiger partial charge in [-0.05, 0) is 11.8 Å². The number of nitrogens with two attached hydrogens (primary N) is 1. The Morgan fingerprint density at radius 3 is 2.52 bits per heavy atom. The molecule has 1 aromatic heterocycles. The number of aromatic nitrogens is 1. The molecule has 1 heterocycles. The predicted molar refractivity (Wildman–Crippen MR) is 89.4 cm³/mol. The summed E-state index contributed by atoms with van der Waals surface area (Å²) in [5, 5.41) is 7.59. The maximum absolute atomic E-state index is 12.4. The normalized spacial score (nSPS) is 13.9. The van der Waals surface area contributed by atoms with E-state index < -0.39 is 29.2 Å². The summed E-state index contributed by atoms with van der Waals surface area (Å²) < 4.78 is 0. The second-order valence-corrected chi connectivity index (χ2v) is 7.27. The molecule has 7 nitrogen and oxygen atoms in total. The highest BCUT2D eigenvalue weighted by Crippen LogP contribution is 2.22. The number of carbonyl (C=O) groups is 3. The topological polar surface area (TPSA) is 114 Å². The van der Waals surface area contributed by atoms with Crippen molar-refractivity contribution in [3.63, 3.8) is 0 Å². The van der Waals surface area contributed by atoms with E-state index in [1.54, 1.807) is 18.5 Å². The number of amides is 3. The fourth-order valence-corrected chi connectivity index (χ4v) is 2.27. The quantitative estimate of drug-likeness (QED) is 0.695. The Kier molecular flexibility index (Phi) is 6.68. The Hall–Kier alpha value is -1.96. The standard InChI is InChI=1S/C15H23N4O3S/c1-9(12(16)21)5-6-10(20)18-11(15(2,3)4)13(22)19-14-17-7-8-23-14/h6-9,11H,5H2,1-4H3,(H2,16,21)(H,18,20)(H,17,19,22)/t9?,11-/m1/s1. The number of hydrogen-bond donors (Lipinski definition) is 3. The SMILES string of the molecule is CC(C[CH]C(=O)N[C@H](C(=O)Nc1nccs1)C(C)(C)C)C(N)=O. The number of hydrogen-bond acceptors (Lipinski definition) is 5. The van der Waals surface area contributed by atoms with E-state index in [9.17, 15) is 14.4 Å². The molecule has 1 radical (unpaired) electrons. The van der Waals surface area contributed by atoms with E-state index in [1.807, 2.05) is 20.8 Å². The van der Waals surface area contributed by atoms with Crippen molar-refractivity contribution in [3.05, 3.63) is 18.0 Å². The van der Waals surface area contributed by atoms with Gasteiger partial charge in [-0.15, -0.1) is 11.3 Å². The highest BCUT2D eigenvalue weighted by molar-refractivity contribution is 7.13. The minimum atomic E-state index is -0.737. The lowest BCUT2D eigenvalue weighted by atomic mass is 9.86. The van der Waals surface area contributed by atoms with E-state index in [0.29, 0.717) is 5.13 Å². The molecule has 0 saturated heterocycles. The van der Waals surface area contributed by atoms with Gasteiger partial charge in [0.25, 0.3) is 0 Å². The van der Waals surface area contributed by atoms with Gasteiger partial charge in [0, 0.05) is 17.5 Å². The summed E-state index contributed by atoms with van der Waals surface area (Å²) in [5.41, 5.74) is 4.67. The third-order valence-corrected chi connectivity index (χ3v) is 3.91. The lowest BCUT2D eigenvalue weighted by molar-refractivity contribution is -0.127. The van der Waals surface area contributed by atoms with Gasteiger partial charge < -0.3 is 16.4 Å². The van der Waals surface area contributed by atoms with Crippen LogP contribution in [-0.4, -0.2) is 28.7 Å². The number of anilines is 1. The van der Waals surface area contributed by atoms with Crippen LogP contribution in [-0.2, 0) is 14.4 Å². The second kappa shape index (κ2) is 8.05. The monoisotopic (exact) mass is 339 g/mol. The highest BCUT2D eigenvalue weighted by atomic mass is 32.1. The molecule has 0 aliphatic rings. The summed E-state index contributed by atoms with van der Waals surface area (Å²) in [6.07, 6.45) is 3.15. The molecule has 0 aliphatic heterocycles. The van der Waals surface area contributed by atoms with Crippen molar-refractivity contribution in [2.45, 2.75) is 40.2 Å². The first-order valence-corrected chi connectivity index (χ1v) is 8.12. The van der Waals surface area contributed by atoms with Crippen LogP contribution in [0.4, 0.5) is 5.13 Å². The smallest absolute Gasteiger partial charge is 0.249 e. The lowest BCUT2D eigenvalue weighted by Crippen LogP contribution is -2.51. The maximum atomic E-state index is 12.4. The molecule has 2 atom stereocenters. The summed E-state index contributed by atoms with van der Waals surface area (Å²) in [5.74, 6) is -1.65. The number of nitrogens with one attached hydrogen (secondary N) is 2. The van der Waals surface area contributed by atoms with Crippen LogP contribution in [0.1, 0.15) is 34.1 Å². The van der Waals surface area contributed by atoms with Crippen molar-refractivity contribution in [2.75, 3.05) is 5.32 Å². The summed E-state index contributed by atoms with van der Waals surface area (Å²) in [6, 6.07) is -0.737. The zero-order valence-electron chi connectivity index (χ0n) is 13.8. The van der Waals surface area contributed by atoms with Gasteiger partial charge in [-0.1, -0.05) is 27.7 Å². The molecule has 0 aromatic carbocycles. The summed E-state index contributed by atoms with van der Waals surface area (Å²) in [6.45, 7) is 7.20. The van der Waals surface area contributed by atoms with Crippen molar-refractivity contribution in [2.24, 2.45) is 17.1 Å². The number of carbonyl (C=O) groups excluding carboxylic acids is 3. The molecule has 0 spiro atoms. The first kappa shape index (κ1) is 19.1. The van der Waals surface area contributed by atoms with E-state index >= 15 is 0 Å². The van der Waals surface area contributed by atoms with Crippen molar-refractivity contribution < 1.29 is 14.4 Å². The molecule has 1 aromatic rings. The van der Waals surface area contributed by atoms with Crippen LogP contribution in [0.25, 0.3) is 0 Å². The Bertz CT molecular complexity index is 552. The van der Waals surface area contributed by atoms with Gasteiger partial charge in [-0.2, -0.15) is 0 Å². The predicted octanol–water partition coefficient (Wildman–Crippen LogP) is 1.33. The van der Waals surface area contributed by atoms with Gasteiger partial charge in [0.2, 0.25) is 17.7 Å². The largest absolute Gasteiger partial charge is 0.369 e. The maximum Gasteiger partial charge on any atom is 0.249 e. The fourth-order valence-electron chi connectivity index (χ4n) is 1.74. The minimum absolute atomic E-state index is 0.228. The summed E-state index contributed by atoms with van der Waals surface area (Å²) in [4.78, 5) is 39.4. The Morgan fingerprint density at radius 2 is 2.04 bits per heavy atom. The molecule has 127 valence electrons. The average Bonchev–Trinajstić information content (AvgIpc) is 2.93. The van der Waals surface area contributed by atoms with E-state index in [1.165, 1.54) is 17.8 Å². The molecule has 23 heavy (non-hydrogen) atoms. The van der Waals surface area contributed by atoms with E-state index in [2.05, 4.69) is 15.6 Å². The van der Waals surface area contributed by atoms with E-state index in [-0.39, 0.29) is 12.3 Å². The molecule has 4 N–H and O–H groups in total. The molecule has 0 bridgehead atoms. The molecule has 1 unspecified atom stereocenters. The summed E-state index contributed by atoms with van der Waals surface area (Å²) in [7, 11) is 0. The molecule has 0 aliphatic carbocycles. The number of primary amides is 1. The van der Waals surface area contributed by atoms with Crippen molar-refractivity contribution in [1.29, 1.82) is 0 Å². The van der Waals surface area contributed by atoms with Gasteiger partial charge >= 0.3 is 0 Å². The van der Waals surface area contributed by atoms with Crippen LogP contribution in [0.2, 0.25) is 0 Å². The van der Waals surface area contributed by atoms with Crippen LogP contribution < -0.4 is 16.4 Å². The highest BCUT2D eigenvalue weighted by Gasteiger charge is 2.33. The molecular weight excluding hydrogens is 316 g/mol. The molecule has 0 saturated carbocycles. The zero-order chi connectivity index (χ0) is 17.6. The first-order chi connectivity index (χ1) is 10.6.